The summed E-state index contributed by atoms with van der Waals surface area (Å²) < 4.78 is 5.75. The van der Waals surface area contributed by atoms with Gasteiger partial charge in [-0.05, 0) is 19.2 Å². The normalized spacial score (nSPS) is 15.4. The van der Waals surface area contributed by atoms with E-state index in [1.165, 1.54) is 11.3 Å². The van der Waals surface area contributed by atoms with Crippen molar-refractivity contribution in [3.05, 3.63) is 47.3 Å². The Morgan fingerprint density at radius 1 is 1.33 bits per heavy atom. The van der Waals surface area contributed by atoms with Gasteiger partial charge in [0.1, 0.15) is 18.1 Å². The number of aromatic nitrogens is 2. The fourth-order valence-electron chi connectivity index (χ4n) is 2.28. The van der Waals surface area contributed by atoms with Crippen LogP contribution in [0, 0.1) is 0 Å². The molecule has 1 aromatic carbocycles. The third-order valence-electron chi connectivity index (χ3n) is 3.33. The minimum Gasteiger partial charge on any atom is -0.487 e. The number of H-pyrrole nitrogens is 1. The third kappa shape index (κ3) is 2.24. The van der Waals surface area contributed by atoms with Crippen molar-refractivity contribution in [3.63, 3.8) is 0 Å². The monoisotopic (exact) mass is 243 g/mol. The molecular weight excluding hydrogens is 226 g/mol. The molecule has 0 aliphatic carbocycles. The van der Waals surface area contributed by atoms with E-state index < -0.39 is 0 Å². The number of para-hydroxylation sites is 1. The number of hydrogen-bond acceptors (Lipinski definition) is 3. The molecule has 0 fully saturated rings. The quantitative estimate of drug-likeness (QED) is 0.896. The first kappa shape index (κ1) is 11.3. The Morgan fingerprint density at radius 3 is 3.00 bits per heavy atom. The van der Waals surface area contributed by atoms with Gasteiger partial charge < -0.3 is 9.64 Å². The Hall–Kier alpha value is -1.81. The van der Waals surface area contributed by atoms with E-state index in [-0.39, 0.29) is 0 Å². The molecule has 0 atom stereocenters. The molecule has 94 valence electrons. The number of benzene rings is 1. The summed E-state index contributed by atoms with van der Waals surface area (Å²) in [5.74, 6) is 0.887. The van der Waals surface area contributed by atoms with E-state index >= 15 is 0 Å². The molecule has 0 amide bonds. The molecular formula is C14H17N3O. The number of hydrogen-bond donors (Lipinski definition) is 1. The first-order valence-electron chi connectivity index (χ1n) is 6.24. The maximum atomic E-state index is 5.75. The summed E-state index contributed by atoms with van der Waals surface area (Å²) in [5, 5.41) is 7.50. The van der Waals surface area contributed by atoms with Gasteiger partial charge in [-0.15, -0.1) is 0 Å². The lowest BCUT2D eigenvalue weighted by molar-refractivity contribution is 0.287. The Morgan fingerprint density at radius 2 is 2.17 bits per heavy atom. The SMILES string of the molecule is CN1CCc2[nH]nc(COc3ccccc3)c2C1. The van der Waals surface area contributed by atoms with Crippen LogP contribution >= 0.6 is 0 Å². The Labute approximate surface area is 107 Å². The summed E-state index contributed by atoms with van der Waals surface area (Å²) in [6.45, 7) is 2.58. The Kier molecular flexibility index (Phi) is 3.02. The predicted molar refractivity (Wildman–Crippen MR) is 69.4 cm³/mol. The maximum Gasteiger partial charge on any atom is 0.132 e. The van der Waals surface area contributed by atoms with Gasteiger partial charge in [0.2, 0.25) is 0 Å². The number of likely N-dealkylation sites (N-methyl/N-ethyl adjacent to an activating group) is 1. The molecule has 1 aromatic heterocycles. The smallest absolute Gasteiger partial charge is 0.132 e. The molecule has 2 aromatic rings. The zero-order valence-electron chi connectivity index (χ0n) is 10.5. The lowest BCUT2D eigenvalue weighted by Crippen LogP contribution is -2.26. The summed E-state index contributed by atoms with van der Waals surface area (Å²) in [7, 11) is 2.14. The average Bonchev–Trinajstić information content (AvgIpc) is 2.80. The van der Waals surface area contributed by atoms with E-state index in [4.69, 9.17) is 4.74 Å². The number of nitrogens with zero attached hydrogens (tertiary/aromatic N) is 2. The van der Waals surface area contributed by atoms with Crippen LogP contribution < -0.4 is 4.74 Å². The lowest BCUT2D eigenvalue weighted by Gasteiger charge is -2.22. The second-order valence-electron chi connectivity index (χ2n) is 4.72. The van der Waals surface area contributed by atoms with Gasteiger partial charge in [-0.3, -0.25) is 5.10 Å². The molecule has 0 unspecified atom stereocenters. The number of fused-ring (bicyclic) bond motifs is 1. The van der Waals surface area contributed by atoms with Crippen molar-refractivity contribution >= 4 is 0 Å². The zero-order chi connectivity index (χ0) is 12.4. The first-order chi connectivity index (χ1) is 8.83. The number of rotatable bonds is 3. The number of nitrogens with one attached hydrogen (secondary N) is 1. The predicted octanol–water partition coefficient (Wildman–Crippen LogP) is 1.98. The summed E-state index contributed by atoms with van der Waals surface area (Å²) in [6, 6.07) is 9.86. The average molecular weight is 243 g/mol. The highest BCUT2D eigenvalue weighted by molar-refractivity contribution is 5.28. The topological polar surface area (TPSA) is 41.2 Å². The van der Waals surface area contributed by atoms with Crippen molar-refractivity contribution in [3.8, 4) is 5.75 Å². The van der Waals surface area contributed by atoms with Crippen molar-refractivity contribution in [1.82, 2.24) is 15.1 Å². The third-order valence-corrected chi connectivity index (χ3v) is 3.33. The standard InChI is InChI=1S/C14H17N3O/c1-17-8-7-13-12(9-17)14(16-15-13)10-18-11-5-3-2-4-6-11/h2-6H,7-10H2,1H3,(H,15,16). The second-order valence-corrected chi connectivity index (χ2v) is 4.72. The van der Waals surface area contributed by atoms with Crippen molar-refractivity contribution < 1.29 is 4.74 Å². The van der Waals surface area contributed by atoms with Gasteiger partial charge in [-0.2, -0.15) is 5.10 Å². The fourth-order valence-corrected chi connectivity index (χ4v) is 2.28. The van der Waals surface area contributed by atoms with E-state index in [2.05, 4.69) is 22.1 Å². The van der Waals surface area contributed by atoms with Crippen LogP contribution in [0.15, 0.2) is 30.3 Å². The largest absolute Gasteiger partial charge is 0.487 e. The molecule has 0 radical (unpaired) electrons. The fraction of sp³-hybridized carbons (Fsp3) is 0.357. The molecule has 0 bridgehead atoms. The summed E-state index contributed by atoms with van der Waals surface area (Å²) in [5.41, 5.74) is 3.60. The minimum absolute atomic E-state index is 0.531. The van der Waals surface area contributed by atoms with Gasteiger partial charge in [0.25, 0.3) is 0 Å². The number of aromatic amines is 1. The summed E-state index contributed by atoms with van der Waals surface area (Å²) >= 11 is 0. The molecule has 0 saturated carbocycles. The summed E-state index contributed by atoms with van der Waals surface area (Å²) in [6.07, 6.45) is 1.05. The highest BCUT2D eigenvalue weighted by Gasteiger charge is 2.19. The van der Waals surface area contributed by atoms with Gasteiger partial charge >= 0.3 is 0 Å². The van der Waals surface area contributed by atoms with Crippen LogP contribution in [0.5, 0.6) is 5.75 Å². The Bertz CT molecular complexity index is 521. The van der Waals surface area contributed by atoms with E-state index in [9.17, 15) is 0 Å². The van der Waals surface area contributed by atoms with E-state index in [0.717, 1.165) is 31.0 Å². The molecule has 0 spiro atoms. The van der Waals surface area contributed by atoms with E-state index in [0.29, 0.717) is 6.61 Å². The van der Waals surface area contributed by atoms with E-state index in [1.54, 1.807) is 0 Å². The molecule has 1 aliphatic rings. The first-order valence-corrected chi connectivity index (χ1v) is 6.24. The van der Waals surface area contributed by atoms with Gasteiger partial charge in [-0.25, -0.2) is 0 Å². The molecule has 2 heterocycles. The van der Waals surface area contributed by atoms with Gasteiger partial charge in [0.05, 0.1) is 0 Å². The van der Waals surface area contributed by atoms with E-state index in [1.807, 2.05) is 30.3 Å². The summed E-state index contributed by atoms with van der Waals surface area (Å²) in [4.78, 5) is 2.31. The molecule has 1 N–H and O–H groups in total. The second kappa shape index (κ2) is 4.82. The highest BCUT2D eigenvalue weighted by atomic mass is 16.5. The van der Waals surface area contributed by atoms with Crippen LogP contribution in [0.2, 0.25) is 0 Å². The van der Waals surface area contributed by atoms with Crippen molar-refractivity contribution in [2.45, 2.75) is 19.6 Å². The lowest BCUT2D eigenvalue weighted by atomic mass is 10.1. The minimum atomic E-state index is 0.531. The van der Waals surface area contributed by atoms with Crippen molar-refractivity contribution in [1.29, 1.82) is 0 Å². The molecule has 4 nitrogen and oxygen atoms in total. The maximum absolute atomic E-state index is 5.75. The van der Waals surface area contributed by atoms with Crippen LogP contribution in [0.4, 0.5) is 0 Å². The van der Waals surface area contributed by atoms with Crippen LogP contribution in [0.3, 0.4) is 0 Å². The molecule has 18 heavy (non-hydrogen) atoms. The van der Waals surface area contributed by atoms with Crippen LogP contribution in [0.1, 0.15) is 17.0 Å². The zero-order valence-corrected chi connectivity index (χ0v) is 10.5. The highest BCUT2D eigenvalue weighted by Crippen LogP contribution is 2.20. The number of ether oxygens (including phenoxy) is 1. The molecule has 4 heteroatoms. The van der Waals surface area contributed by atoms with Gasteiger partial charge in [0.15, 0.2) is 0 Å². The van der Waals surface area contributed by atoms with Crippen LogP contribution in [-0.2, 0) is 19.6 Å². The van der Waals surface area contributed by atoms with Crippen molar-refractivity contribution in [2.24, 2.45) is 0 Å². The molecule has 1 aliphatic heterocycles. The Balaban J connectivity index is 1.72. The van der Waals surface area contributed by atoms with Crippen LogP contribution in [0.25, 0.3) is 0 Å². The molecule has 3 rings (SSSR count). The van der Waals surface area contributed by atoms with Gasteiger partial charge in [0, 0.05) is 30.8 Å². The van der Waals surface area contributed by atoms with Crippen molar-refractivity contribution in [2.75, 3.05) is 13.6 Å². The van der Waals surface area contributed by atoms with Gasteiger partial charge in [-0.1, -0.05) is 18.2 Å². The van der Waals surface area contributed by atoms with Crippen LogP contribution in [-0.4, -0.2) is 28.7 Å². The molecule has 0 saturated heterocycles.